The number of nitrogens with zero attached hydrogens (tertiary/aromatic N) is 6. The Morgan fingerprint density at radius 3 is 2.77 bits per heavy atom. The monoisotopic (exact) mass is 420 g/mol. The molecule has 4 heterocycles. The molecule has 152 valence electrons. The molecule has 3 aromatic heterocycles. The fraction of sp³-hybridized carbons (Fsp3) is 0.286. The lowest BCUT2D eigenvalue weighted by Crippen LogP contribution is -2.35. The van der Waals surface area contributed by atoms with Gasteiger partial charge in [0, 0.05) is 30.3 Å². The number of Topliss-reactive ketones (excluding diaryl/α,β-unsaturated/α-hetero) is 1. The molecule has 0 saturated carbocycles. The van der Waals surface area contributed by atoms with E-state index in [2.05, 4.69) is 37.3 Å². The Labute approximate surface area is 176 Å². The number of piperidine rings is 1. The predicted molar refractivity (Wildman–Crippen MR) is 114 cm³/mol. The van der Waals surface area contributed by atoms with E-state index < -0.39 is 0 Å². The highest BCUT2D eigenvalue weighted by Crippen LogP contribution is 2.30. The lowest BCUT2D eigenvalue weighted by atomic mass is 10.1. The molecule has 0 atom stereocenters. The van der Waals surface area contributed by atoms with Gasteiger partial charge < -0.3 is 10.0 Å². The minimum absolute atomic E-state index is 0.101. The molecule has 1 aromatic carbocycles. The highest BCUT2D eigenvalue weighted by molar-refractivity contribution is 7.99. The molecular weight excluding hydrogens is 400 g/mol. The molecule has 8 nitrogen and oxygen atoms in total. The molecule has 5 rings (SSSR count). The van der Waals surface area contributed by atoms with Crippen LogP contribution in [0, 0.1) is 0 Å². The highest BCUT2D eigenvalue weighted by Gasteiger charge is 2.18. The third-order valence-electron chi connectivity index (χ3n) is 5.27. The van der Waals surface area contributed by atoms with Crippen molar-refractivity contribution in [2.45, 2.75) is 35.9 Å². The third-order valence-corrected chi connectivity index (χ3v) is 6.20. The van der Waals surface area contributed by atoms with Crippen LogP contribution in [-0.2, 0) is 0 Å². The number of rotatable bonds is 4. The molecule has 1 N–H and O–H groups in total. The normalized spacial score (nSPS) is 15.2. The van der Waals surface area contributed by atoms with Crippen LogP contribution in [0.1, 0.15) is 30.3 Å². The molecule has 1 aliphatic heterocycles. The van der Waals surface area contributed by atoms with Crippen molar-refractivity contribution in [3.05, 3.63) is 48.3 Å². The number of anilines is 1. The van der Waals surface area contributed by atoms with E-state index in [-0.39, 0.29) is 11.9 Å². The van der Waals surface area contributed by atoms with E-state index in [9.17, 15) is 9.90 Å². The molecule has 0 unspecified atom stereocenters. The maximum absolute atomic E-state index is 11.7. The van der Waals surface area contributed by atoms with E-state index in [0.717, 1.165) is 47.4 Å². The molecule has 0 amide bonds. The smallest absolute Gasteiger partial charge is 0.217 e. The molecule has 0 bridgehead atoms. The van der Waals surface area contributed by atoms with Crippen LogP contribution in [0.3, 0.4) is 0 Å². The van der Waals surface area contributed by atoms with Gasteiger partial charge >= 0.3 is 0 Å². The number of fused-ring (bicyclic) bond motifs is 2. The molecular formula is C21H20N6O2S. The van der Waals surface area contributed by atoms with Gasteiger partial charge in [0.15, 0.2) is 11.4 Å². The van der Waals surface area contributed by atoms with Crippen LogP contribution in [0.25, 0.3) is 16.6 Å². The summed E-state index contributed by atoms with van der Waals surface area (Å²) in [5.74, 6) is -0.101. The first-order valence-electron chi connectivity index (χ1n) is 9.81. The first-order valence-corrected chi connectivity index (χ1v) is 10.6. The summed E-state index contributed by atoms with van der Waals surface area (Å²) < 4.78 is 1.60. The lowest BCUT2D eigenvalue weighted by Gasteiger charge is -2.31. The Kier molecular flexibility index (Phi) is 4.84. The van der Waals surface area contributed by atoms with Crippen molar-refractivity contribution in [2.75, 3.05) is 18.0 Å². The second-order valence-electron chi connectivity index (χ2n) is 7.40. The average Bonchev–Trinajstić information content (AvgIpc) is 3.16. The Hall–Kier alpha value is -3.04. The molecule has 30 heavy (non-hydrogen) atoms. The topological polar surface area (TPSA) is 96.5 Å². The summed E-state index contributed by atoms with van der Waals surface area (Å²) in [5.41, 5.74) is 2.96. The number of hydrogen-bond acceptors (Lipinski definition) is 8. The van der Waals surface area contributed by atoms with E-state index in [4.69, 9.17) is 0 Å². The zero-order valence-electron chi connectivity index (χ0n) is 16.4. The number of aromatic nitrogens is 5. The van der Waals surface area contributed by atoms with Crippen molar-refractivity contribution in [1.29, 1.82) is 0 Å². The highest BCUT2D eigenvalue weighted by atomic mass is 32.2. The number of aliphatic hydroxyl groups excluding tert-OH is 1. The zero-order valence-corrected chi connectivity index (χ0v) is 17.2. The maximum atomic E-state index is 11.7. The average molecular weight is 420 g/mol. The van der Waals surface area contributed by atoms with Gasteiger partial charge in [-0.15, -0.1) is 10.2 Å². The quantitative estimate of drug-likeness (QED) is 0.504. The van der Waals surface area contributed by atoms with Gasteiger partial charge in [-0.05, 0) is 61.0 Å². The summed E-state index contributed by atoms with van der Waals surface area (Å²) in [6.07, 6.45) is 3.26. The molecule has 1 aliphatic rings. The van der Waals surface area contributed by atoms with E-state index in [1.807, 2.05) is 18.3 Å². The number of carbonyl (C=O) groups is 1. The van der Waals surface area contributed by atoms with Crippen LogP contribution >= 0.6 is 11.8 Å². The molecule has 0 spiro atoms. The van der Waals surface area contributed by atoms with Crippen LogP contribution in [0.15, 0.2) is 52.6 Å². The number of aliphatic hydroxyl groups is 1. The van der Waals surface area contributed by atoms with Crippen molar-refractivity contribution in [3.8, 4) is 0 Å². The third kappa shape index (κ3) is 3.61. The standard InChI is InChI=1S/C21H20N6O2S/c1-13(28)18-4-5-20-23-24-21(27(20)25-18)30-17-2-3-19-14(11-17)10-15(12-22-19)26-8-6-16(29)7-9-26/h2-5,10-12,16,29H,6-9H2,1H3. The van der Waals surface area contributed by atoms with Gasteiger partial charge in [0.1, 0.15) is 5.69 Å². The first kappa shape index (κ1) is 19.0. The Morgan fingerprint density at radius 1 is 1.13 bits per heavy atom. The van der Waals surface area contributed by atoms with Crippen LogP contribution in [0.2, 0.25) is 0 Å². The van der Waals surface area contributed by atoms with Gasteiger partial charge in [-0.1, -0.05) is 0 Å². The van der Waals surface area contributed by atoms with Crippen molar-refractivity contribution in [3.63, 3.8) is 0 Å². The molecule has 9 heteroatoms. The minimum Gasteiger partial charge on any atom is -0.393 e. The van der Waals surface area contributed by atoms with Crippen LogP contribution in [-0.4, -0.2) is 54.9 Å². The van der Waals surface area contributed by atoms with Crippen molar-refractivity contribution < 1.29 is 9.90 Å². The van der Waals surface area contributed by atoms with E-state index in [1.54, 1.807) is 16.6 Å². The van der Waals surface area contributed by atoms with Crippen LogP contribution in [0.5, 0.6) is 0 Å². The summed E-state index contributed by atoms with van der Waals surface area (Å²) >= 11 is 1.44. The zero-order chi connectivity index (χ0) is 20.7. The molecule has 4 aromatic rings. The van der Waals surface area contributed by atoms with Crippen molar-refractivity contribution in [2.24, 2.45) is 0 Å². The summed E-state index contributed by atoms with van der Waals surface area (Å²) in [4.78, 5) is 19.5. The number of ketones is 1. The SMILES string of the molecule is CC(=O)c1ccc2nnc(Sc3ccc4ncc(N5CCC(O)CC5)cc4c3)n2n1. The van der Waals surface area contributed by atoms with E-state index >= 15 is 0 Å². The Balaban J connectivity index is 1.45. The van der Waals surface area contributed by atoms with Gasteiger partial charge in [-0.25, -0.2) is 0 Å². The molecule has 1 fully saturated rings. The predicted octanol–water partition coefficient (Wildman–Crippen LogP) is 2.99. The van der Waals surface area contributed by atoms with Gasteiger partial charge in [0.25, 0.3) is 0 Å². The maximum Gasteiger partial charge on any atom is 0.217 e. The molecule has 0 aliphatic carbocycles. The van der Waals surface area contributed by atoms with Crippen molar-refractivity contribution >= 4 is 39.8 Å². The number of pyridine rings is 1. The largest absolute Gasteiger partial charge is 0.393 e. The first-order chi connectivity index (χ1) is 14.6. The Bertz CT molecular complexity index is 1250. The van der Waals surface area contributed by atoms with Gasteiger partial charge in [0.05, 0.1) is 23.5 Å². The lowest BCUT2D eigenvalue weighted by molar-refractivity contribution is 0.101. The van der Waals surface area contributed by atoms with Crippen LogP contribution < -0.4 is 4.90 Å². The van der Waals surface area contributed by atoms with Gasteiger partial charge in [-0.2, -0.15) is 9.61 Å². The fourth-order valence-corrected chi connectivity index (χ4v) is 4.42. The number of hydrogen-bond donors (Lipinski definition) is 1. The van der Waals surface area contributed by atoms with Gasteiger partial charge in [-0.3, -0.25) is 9.78 Å². The second kappa shape index (κ2) is 7.66. The second-order valence-corrected chi connectivity index (χ2v) is 8.44. The summed E-state index contributed by atoms with van der Waals surface area (Å²) in [6.45, 7) is 3.15. The van der Waals surface area contributed by atoms with E-state index in [1.165, 1.54) is 18.7 Å². The number of benzene rings is 1. The summed E-state index contributed by atoms with van der Waals surface area (Å²) in [6, 6.07) is 11.6. The Morgan fingerprint density at radius 2 is 1.97 bits per heavy atom. The van der Waals surface area contributed by atoms with Crippen LogP contribution in [0.4, 0.5) is 5.69 Å². The minimum atomic E-state index is -0.201. The summed E-state index contributed by atoms with van der Waals surface area (Å²) in [5, 5.41) is 24.1. The summed E-state index contributed by atoms with van der Waals surface area (Å²) in [7, 11) is 0. The van der Waals surface area contributed by atoms with E-state index in [0.29, 0.717) is 16.5 Å². The van der Waals surface area contributed by atoms with Gasteiger partial charge in [0.2, 0.25) is 5.16 Å². The molecule has 1 saturated heterocycles. The molecule has 0 radical (unpaired) electrons. The fourth-order valence-electron chi connectivity index (χ4n) is 3.58. The number of carbonyl (C=O) groups excluding carboxylic acids is 1. The van der Waals surface area contributed by atoms with Crippen molar-refractivity contribution in [1.82, 2.24) is 24.8 Å².